The van der Waals surface area contributed by atoms with E-state index in [0.29, 0.717) is 11.8 Å². The standard InChI is InChI=1S/C23H36ClN3O.CH4.3H2O/c1-17(2)21(25-22(28)27-12-5-6-13-27)15-26-14-11-20(23(3,4)16-26)18-7-9-19(24)10-8-18;;;;/h7-10,17,20-21H,5-6,11-16H2,1-4H3,(H,25,28);1H4;3*1H2/t20?,21-;;;;/m0..../s1. The number of nitrogens with zero attached hydrogens (tertiary/aromatic N) is 2. The molecule has 0 saturated carbocycles. The maximum Gasteiger partial charge on any atom is 0.317 e. The number of halogens is 1. The average Bonchev–Trinajstić information content (AvgIpc) is 3.16. The molecule has 0 aliphatic carbocycles. The van der Waals surface area contributed by atoms with Gasteiger partial charge in [-0.3, -0.25) is 0 Å². The Hall–Kier alpha value is -1.38. The lowest BCUT2D eigenvalue weighted by Gasteiger charge is -2.46. The second kappa shape index (κ2) is 14.0. The summed E-state index contributed by atoms with van der Waals surface area (Å²) in [5.74, 6) is 0.960. The smallest absolute Gasteiger partial charge is 0.317 e. The van der Waals surface area contributed by atoms with Crippen molar-refractivity contribution in [2.24, 2.45) is 11.3 Å². The molecule has 7 N–H and O–H groups in total. The summed E-state index contributed by atoms with van der Waals surface area (Å²) in [6.45, 7) is 14.0. The second-order valence-corrected chi connectivity index (χ2v) is 10.0. The van der Waals surface area contributed by atoms with Crippen LogP contribution < -0.4 is 5.32 Å². The molecular formula is C24H46ClN3O4. The van der Waals surface area contributed by atoms with E-state index < -0.39 is 0 Å². The van der Waals surface area contributed by atoms with Crippen molar-refractivity contribution in [2.45, 2.75) is 66.3 Å². The van der Waals surface area contributed by atoms with Gasteiger partial charge in [-0.1, -0.05) is 58.9 Å². The van der Waals surface area contributed by atoms with Gasteiger partial charge in [-0.25, -0.2) is 4.79 Å². The Morgan fingerprint density at radius 1 is 1.09 bits per heavy atom. The summed E-state index contributed by atoms with van der Waals surface area (Å²) in [6.07, 6.45) is 3.40. The lowest BCUT2D eigenvalue weighted by atomic mass is 9.70. The van der Waals surface area contributed by atoms with Crippen LogP contribution in [0.4, 0.5) is 4.79 Å². The summed E-state index contributed by atoms with van der Waals surface area (Å²) >= 11 is 6.07. The van der Waals surface area contributed by atoms with Gasteiger partial charge in [-0.15, -0.1) is 0 Å². The molecule has 8 heteroatoms. The molecule has 2 atom stereocenters. The molecule has 2 amide bonds. The Labute approximate surface area is 199 Å². The second-order valence-electron chi connectivity index (χ2n) is 9.61. The van der Waals surface area contributed by atoms with E-state index in [1.165, 1.54) is 5.56 Å². The molecule has 2 saturated heterocycles. The van der Waals surface area contributed by atoms with Gasteiger partial charge in [-0.05, 0) is 60.8 Å². The van der Waals surface area contributed by atoms with Gasteiger partial charge in [0.05, 0.1) is 0 Å². The van der Waals surface area contributed by atoms with Crippen molar-refractivity contribution in [3.05, 3.63) is 34.9 Å². The van der Waals surface area contributed by atoms with Gasteiger partial charge >= 0.3 is 6.03 Å². The first kappa shape index (κ1) is 32.8. The highest BCUT2D eigenvalue weighted by molar-refractivity contribution is 6.30. The van der Waals surface area contributed by atoms with Crippen LogP contribution in [-0.4, -0.2) is 71.0 Å². The van der Waals surface area contributed by atoms with Crippen LogP contribution in [0.2, 0.25) is 5.02 Å². The molecular weight excluding hydrogens is 430 g/mol. The van der Waals surface area contributed by atoms with E-state index >= 15 is 0 Å². The number of hydrogen-bond acceptors (Lipinski definition) is 2. The van der Waals surface area contributed by atoms with Gasteiger partial charge in [-0.2, -0.15) is 0 Å². The zero-order valence-corrected chi connectivity index (χ0v) is 20.1. The Morgan fingerprint density at radius 3 is 2.16 bits per heavy atom. The van der Waals surface area contributed by atoms with Crippen LogP contribution in [0.5, 0.6) is 0 Å². The first-order valence-electron chi connectivity index (χ1n) is 10.8. The number of amides is 2. The lowest BCUT2D eigenvalue weighted by molar-refractivity contribution is 0.0796. The van der Waals surface area contributed by atoms with E-state index in [4.69, 9.17) is 11.6 Å². The van der Waals surface area contributed by atoms with E-state index in [0.717, 1.165) is 57.0 Å². The molecule has 0 radical (unpaired) electrons. The van der Waals surface area contributed by atoms with E-state index in [1.54, 1.807) is 0 Å². The fourth-order valence-electron chi connectivity index (χ4n) is 4.81. The average molecular weight is 476 g/mol. The van der Waals surface area contributed by atoms with Crippen molar-refractivity contribution in [3.63, 3.8) is 0 Å². The van der Waals surface area contributed by atoms with Crippen molar-refractivity contribution < 1.29 is 21.2 Å². The van der Waals surface area contributed by atoms with Crippen LogP contribution >= 0.6 is 11.6 Å². The van der Waals surface area contributed by atoms with Crippen molar-refractivity contribution in [1.29, 1.82) is 0 Å². The number of piperidine rings is 1. The molecule has 0 spiro atoms. The number of likely N-dealkylation sites (tertiary alicyclic amines) is 2. The largest absolute Gasteiger partial charge is 0.412 e. The fraction of sp³-hybridized carbons (Fsp3) is 0.708. The fourth-order valence-corrected chi connectivity index (χ4v) is 4.93. The predicted octanol–water partition coefficient (Wildman–Crippen LogP) is 3.15. The van der Waals surface area contributed by atoms with Crippen molar-refractivity contribution in [2.75, 3.05) is 32.7 Å². The van der Waals surface area contributed by atoms with Crippen molar-refractivity contribution in [3.8, 4) is 0 Å². The molecule has 7 nitrogen and oxygen atoms in total. The number of urea groups is 1. The van der Waals surface area contributed by atoms with Crippen LogP contribution in [0.15, 0.2) is 24.3 Å². The minimum Gasteiger partial charge on any atom is -0.412 e. The van der Waals surface area contributed by atoms with Crippen LogP contribution in [-0.2, 0) is 0 Å². The van der Waals surface area contributed by atoms with Gasteiger partial charge < -0.3 is 31.5 Å². The maximum absolute atomic E-state index is 12.6. The summed E-state index contributed by atoms with van der Waals surface area (Å²) in [6, 6.07) is 8.67. The summed E-state index contributed by atoms with van der Waals surface area (Å²) in [4.78, 5) is 17.1. The van der Waals surface area contributed by atoms with Crippen LogP contribution in [0, 0.1) is 11.3 Å². The SMILES string of the molecule is C.CC(C)[C@H](CN1CCC(c2ccc(Cl)cc2)C(C)(C)C1)NC(=O)N1CCCC1.O.O.O. The molecule has 2 aliphatic rings. The molecule has 3 rings (SSSR count). The van der Waals surface area contributed by atoms with Crippen LogP contribution in [0.1, 0.15) is 65.9 Å². The highest BCUT2D eigenvalue weighted by Gasteiger charge is 2.37. The van der Waals surface area contributed by atoms with Crippen molar-refractivity contribution >= 4 is 17.6 Å². The van der Waals surface area contributed by atoms with E-state index in [1.807, 2.05) is 17.0 Å². The molecule has 0 aromatic heterocycles. The normalized spacial score (nSPS) is 20.8. The number of benzene rings is 1. The van der Waals surface area contributed by atoms with Gasteiger partial charge in [0.2, 0.25) is 0 Å². The Balaban J connectivity index is 0. The number of rotatable bonds is 5. The van der Waals surface area contributed by atoms with Gasteiger partial charge in [0.25, 0.3) is 0 Å². The minimum absolute atomic E-state index is 0. The molecule has 2 fully saturated rings. The highest BCUT2D eigenvalue weighted by Crippen LogP contribution is 2.42. The monoisotopic (exact) mass is 475 g/mol. The molecule has 188 valence electrons. The summed E-state index contributed by atoms with van der Waals surface area (Å²) in [5.41, 5.74) is 1.57. The molecule has 2 aliphatic heterocycles. The predicted molar refractivity (Wildman–Crippen MR) is 135 cm³/mol. The maximum atomic E-state index is 12.6. The zero-order chi connectivity index (χ0) is 20.3. The Bertz CT molecular complexity index is 664. The summed E-state index contributed by atoms with van der Waals surface area (Å²) in [5, 5.41) is 4.11. The third-order valence-corrected chi connectivity index (χ3v) is 6.79. The summed E-state index contributed by atoms with van der Waals surface area (Å²) < 4.78 is 0. The quantitative estimate of drug-likeness (QED) is 0.701. The molecule has 32 heavy (non-hydrogen) atoms. The molecule has 1 unspecified atom stereocenters. The lowest BCUT2D eigenvalue weighted by Crippen LogP contribution is -2.54. The van der Waals surface area contributed by atoms with Gasteiger partial charge in [0.1, 0.15) is 0 Å². The van der Waals surface area contributed by atoms with E-state index in [-0.39, 0.29) is 41.3 Å². The third kappa shape index (κ3) is 8.19. The van der Waals surface area contributed by atoms with E-state index in [9.17, 15) is 4.79 Å². The van der Waals surface area contributed by atoms with Crippen LogP contribution in [0.3, 0.4) is 0 Å². The molecule has 0 bridgehead atoms. The van der Waals surface area contributed by atoms with Gasteiger partial charge in [0, 0.05) is 37.2 Å². The van der Waals surface area contributed by atoms with E-state index in [2.05, 4.69) is 50.0 Å². The zero-order valence-electron chi connectivity index (χ0n) is 19.4. The Morgan fingerprint density at radius 2 is 1.66 bits per heavy atom. The first-order valence-corrected chi connectivity index (χ1v) is 11.2. The highest BCUT2D eigenvalue weighted by atomic mass is 35.5. The number of nitrogens with one attached hydrogen (secondary N) is 1. The van der Waals surface area contributed by atoms with Gasteiger partial charge in [0.15, 0.2) is 0 Å². The minimum atomic E-state index is 0. The topological polar surface area (TPSA) is 130 Å². The molecule has 2 heterocycles. The summed E-state index contributed by atoms with van der Waals surface area (Å²) in [7, 11) is 0. The number of carbonyl (C=O) groups excluding carboxylic acids is 1. The molecule has 1 aromatic rings. The third-order valence-electron chi connectivity index (χ3n) is 6.54. The van der Waals surface area contributed by atoms with Crippen molar-refractivity contribution in [1.82, 2.24) is 15.1 Å². The first-order chi connectivity index (χ1) is 13.3. The number of hydrogen-bond donors (Lipinski definition) is 1. The van der Waals surface area contributed by atoms with Crippen LogP contribution in [0.25, 0.3) is 0 Å². The Kier molecular flexibility index (Phi) is 14.4. The number of carbonyl (C=O) groups is 1. The molecule has 1 aromatic carbocycles.